The van der Waals surface area contributed by atoms with Gasteiger partial charge in [0.05, 0.1) is 16.7 Å². The second kappa shape index (κ2) is 9.24. The first-order chi connectivity index (χ1) is 14.4. The summed E-state index contributed by atoms with van der Waals surface area (Å²) in [6.45, 7) is 1.89. The van der Waals surface area contributed by atoms with Crippen LogP contribution >= 0.6 is 0 Å². The molecule has 3 rings (SSSR count). The molecule has 0 unspecified atom stereocenters. The number of nitro groups is 1. The molecule has 0 aliphatic rings. The number of hydrogen-bond acceptors (Lipinski definition) is 6. The summed E-state index contributed by atoms with van der Waals surface area (Å²) in [5.74, 6) is -0.651. The van der Waals surface area contributed by atoms with Gasteiger partial charge in [-0.15, -0.1) is 0 Å². The Morgan fingerprint density at radius 1 is 1.00 bits per heavy atom. The molecule has 0 aromatic heterocycles. The Kier molecular flexibility index (Phi) is 6.29. The monoisotopic (exact) mass is 403 g/mol. The number of carbonyl (C=O) groups excluding carboxylic acids is 2. The van der Waals surface area contributed by atoms with Gasteiger partial charge in [-0.2, -0.15) is 5.10 Å². The molecular weight excluding hydrogens is 386 g/mol. The summed E-state index contributed by atoms with van der Waals surface area (Å²) in [5, 5.41) is 14.6. The number of nitrogens with one attached hydrogen (secondary N) is 1. The van der Waals surface area contributed by atoms with Gasteiger partial charge in [0.15, 0.2) is 0 Å². The number of amides is 1. The van der Waals surface area contributed by atoms with E-state index in [1.165, 1.54) is 30.5 Å². The van der Waals surface area contributed by atoms with Gasteiger partial charge in [0.1, 0.15) is 5.75 Å². The van der Waals surface area contributed by atoms with Crippen molar-refractivity contribution < 1.29 is 19.2 Å². The minimum Gasteiger partial charge on any atom is -0.423 e. The maximum absolute atomic E-state index is 12.2. The Bertz CT molecular complexity index is 1120. The highest BCUT2D eigenvalue weighted by Gasteiger charge is 2.11. The average molecular weight is 403 g/mol. The second-order valence-corrected chi connectivity index (χ2v) is 6.33. The van der Waals surface area contributed by atoms with E-state index >= 15 is 0 Å². The summed E-state index contributed by atoms with van der Waals surface area (Å²) >= 11 is 0. The molecule has 0 aliphatic heterocycles. The lowest BCUT2D eigenvalue weighted by molar-refractivity contribution is -0.384. The minimum absolute atomic E-state index is 0.125. The van der Waals surface area contributed by atoms with Crippen molar-refractivity contribution in [2.24, 2.45) is 5.10 Å². The summed E-state index contributed by atoms with van der Waals surface area (Å²) in [5.41, 5.74) is 4.34. The smallest absolute Gasteiger partial charge is 0.343 e. The Morgan fingerprint density at radius 2 is 1.70 bits per heavy atom. The number of esters is 1. The Labute approximate surface area is 172 Å². The average Bonchev–Trinajstić information content (AvgIpc) is 2.75. The highest BCUT2D eigenvalue weighted by Crippen LogP contribution is 2.15. The number of hydrazone groups is 1. The van der Waals surface area contributed by atoms with E-state index in [-0.39, 0.29) is 11.3 Å². The number of nitro benzene ring substituents is 1. The van der Waals surface area contributed by atoms with E-state index in [1.807, 2.05) is 13.0 Å². The molecule has 3 aromatic carbocycles. The highest BCUT2D eigenvalue weighted by atomic mass is 16.6. The van der Waals surface area contributed by atoms with Gasteiger partial charge in [0.25, 0.3) is 11.6 Å². The molecule has 1 N–H and O–H groups in total. The van der Waals surface area contributed by atoms with Crippen LogP contribution in [0.25, 0.3) is 0 Å². The minimum atomic E-state index is -0.576. The number of benzene rings is 3. The maximum atomic E-state index is 12.2. The molecule has 0 fully saturated rings. The number of non-ortho nitro benzene ring substituents is 1. The third kappa shape index (κ3) is 5.35. The van der Waals surface area contributed by atoms with Gasteiger partial charge in [0, 0.05) is 17.7 Å². The van der Waals surface area contributed by atoms with Crippen LogP contribution in [-0.4, -0.2) is 23.0 Å². The zero-order valence-electron chi connectivity index (χ0n) is 15.9. The zero-order valence-corrected chi connectivity index (χ0v) is 15.9. The van der Waals surface area contributed by atoms with Crippen molar-refractivity contribution in [2.45, 2.75) is 6.92 Å². The van der Waals surface area contributed by atoms with Gasteiger partial charge >= 0.3 is 5.97 Å². The molecule has 30 heavy (non-hydrogen) atoms. The molecule has 3 aromatic rings. The Balaban J connectivity index is 1.58. The van der Waals surface area contributed by atoms with Gasteiger partial charge in [-0.3, -0.25) is 14.9 Å². The van der Waals surface area contributed by atoms with Crippen molar-refractivity contribution in [1.82, 2.24) is 5.43 Å². The van der Waals surface area contributed by atoms with Crippen molar-refractivity contribution >= 4 is 23.8 Å². The normalized spacial score (nSPS) is 10.6. The first-order valence-corrected chi connectivity index (χ1v) is 8.89. The fraction of sp³-hybridized carbons (Fsp3) is 0.0455. The van der Waals surface area contributed by atoms with E-state index in [1.54, 1.807) is 42.5 Å². The summed E-state index contributed by atoms with van der Waals surface area (Å²) < 4.78 is 5.33. The van der Waals surface area contributed by atoms with Crippen molar-refractivity contribution in [3.63, 3.8) is 0 Å². The molecule has 0 saturated heterocycles. The van der Waals surface area contributed by atoms with Gasteiger partial charge in [-0.25, -0.2) is 10.2 Å². The van der Waals surface area contributed by atoms with E-state index in [0.29, 0.717) is 16.9 Å². The van der Waals surface area contributed by atoms with Crippen LogP contribution in [0.4, 0.5) is 5.69 Å². The SMILES string of the molecule is Cc1cccc(C(=O)Oc2ccc(C=NNC(=O)c3cccc([N+](=O)[O-])c3)cc2)c1. The number of carbonyl (C=O) groups is 2. The molecule has 0 heterocycles. The van der Waals surface area contributed by atoms with E-state index in [2.05, 4.69) is 10.5 Å². The van der Waals surface area contributed by atoms with Gasteiger partial charge in [0.2, 0.25) is 0 Å². The van der Waals surface area contributed by atoms with Crippen LogP contribution in [0.2, 0.25) is 0 Å². The second-order valence-electron chi connectivity index (χ2n) is 6.33. The molecule has 0 aliphatic carbocycles. The molecule has 0 bridgehead atoms. The summed E-state index contributed by atoms with van der Waals surface area (Å²) in [4.78, 5) is 34.4. The standard InChI is InChI=1S/C22H17N3O5/c1-15-4-2-6-18(12-15)22(27)30-20-10-8-16(9-11-20)14-23-24-21(26)17-5-3-7-19(13-17)25(28)29/h2-14H,1H3,(H,24,26). The third-order valence-corrected chi connectivity index (χ3v) is 4.04. The molecule has 8 nitrogen and oxygen atoms in total. The lowest BCUT2D eigenvalue weighted by Crippen LogP contribution is -2.17. The first-order valence-electron chi connectivity index (χ1n) is 8.89. The predicted molar refractivity (Wildman–Crippen MR) is 111 cm³/mol. The van der Waals surface area contributed by atoms with Crippen LogP contribution in [0.15, 0.2) is 77.9 Å². The summed E-state index contributed by atoms with van der Waals surface area (Å²) in [6, 6.07) is 19.0. The summed E-state index contributed by atoms with van der Waals surface area (Å²) in [6.07, 6.45) is 1.40. The molecule has 8 heteroatoms. The molecular formula is C22H17N3O5. The maximum Gasteiger partial charge on any atom is 0.343 e. The van der Waals surface area contributed by atoms with Crippen LogP contribution < -0.4 is 10.2 Å². The van der Waals surface area contributed by atoms with E-state index in [9.17, 15) is 19.7 Å². The lowest BCUT2D eigenvalue weighted by atomic mass is 10.1. The van der Waals surface area contributed by atoms with Crippen LogP contribution in [0.1, 0.15) is 31.8 Å². The van der Waals surface area contributed by atoms with Crippen molar-refractivity contribution in [1.29, 1.82) is 0 Å². The Morgan fingerprint density at radius 3 is 2.40 bits per heavy atom. The topological polar surface area (TPSA) is 111 Å². The molecule has 0 spiro atoms. The van der Waals surface area contributed by atoms with Crippen molar-refractivity contribution in [2.75, 3.05) is 0 Å². The largest absolute Gasteiger partial charge is 0.423 e. The van der Waals surface area contributed by atoms with Crippen LogP contribution in [0.5, 0.6) is 5.75 Å². The highest BCUT2D eigenvalue weighted by molar-refractivity contribution is 5.95. The van der Waals surface area contributed by atoms with Crippen LogP contribution in [0, 0.1) is 17.0 Å². The van der Waals surface area contributed by atoms with Gasteiger partial charge in [-0.05, 0) is 55.0 Å². The number of hydrogen-bond donors (Lipinski definition) is 1. The van der Waals surface area contributed by atoms with Crippen molar-refractivity contribution in [3.05, 3.63) is 105 Å². The number of nitrogens with zero attached hydrogens (tertiary/aromatic N) is 2. The zero-order chi connectivity index (χ0) is 21.5. The van der Waals surface area contributed by atoms with E-state index in [4.69, 9.17) is 4.74 Å². The Hall–Kier alpha value is -4.33. The molecule has 1 amide bonds. The number of rotatable bonds is 6. The summed E-state index contributed by atoms with van der Waals surface area (Å²) in [7, 11) is 0. The lowest BCUT2D eigenvalue weighted by Gasteiger charge is -2.05. The van der Waals surface area contributed by atoms with Gasteiger partial charge in [-0.1, -0.05) is 23.8 Å². The van der Waals surface area contributed by atoms with Crippen LogP contribution in [-0.2, 0) is 0 Å². The van der Waals surface area contributed by atoms with Crippen molar-refractivity contribution in [3.8, 4) is 5.75 Å². The van der Waals surface area contributed by atoms with Gasteiger partial charge < -0.3 is 4.74 Å². The van der Waals surface area contributed by atoms with E-state index < -0.39 is 16.8 Å². The molecule has 0 radical (unpaired) electrons. The quantitative estimate of drug-likeness (QED) is 0.221. The molecule has 150 valence electrons. The number of ether oxygens (including phenoxy) is 1. The predicted octanol–water partition coefficient (Wildman–Crippen LogP) is 3.89. The fourth-order valence-electron chi connectivity index (χ4n) is 2.55. The first kappa shape index (κ1) is 20.4. The van der Waals surface area contributed by atoms with Crippen LogP contribution in [0.3, 0.4) is 0 Å². The number of aryl methyl sites for hydroxylation is 1. The fourth-order valence-corrected chi connectivity index (χ4v) is 2.55. The molecule has 0 saturated carbocycles. The third-order valence-electron chi connectivity index (χ3n) is 4.04. The van der Waals surface area contributed by atoms with E-state index in [0.717, 1.165) is 5.56 Å². The molecule has 0 atom stereocenters.